The molecular formula is C23H25N5O2. The Labute approximate surface area is 174 Å². The molecule has 0 N–H and O–H groups in total. The SMILES string of the molecule is Cc1cn2cc(-c3cc4ccc(N5CCN(C)[C@@H](C)C5)cc4oc3=O)nc2c(C)n1. The number of nitrogens with zero attached hydrogens (tertiary/aromatic N) is 5. The van der Waals surface area contributed by atoms with Gasteiger partial charge in [-0.05, 0) is 46.0 Å². The number of hydrogen-bond acceptors (Lipinski definition) is 6. The number of piperazine rings is 1. The van der Waals surface area contributed by atoms with Crippen molar-refractivity contribution in [3.63, 3.8) is 0 Å². The van der Waals surface area contributed by atoms with Crippen LogP contribution in [0.1, 0.15) is 18.3 Å². The van der Waals surface area contributed by atoms with E-state index in [9.17, 15) is 4.79 Å². The maximum absolute atomic E-state index is 12.8. The van der Waals surface area contributed by atoms with E-state index in [4.69, 9.17) is 4.42 Å². The first kappa shape index (κ1) is 18.8. The second-order valence-electron chi connectivity index (χ2n) is 8.27. The second-order valence-corrected chi connectivity index (χ2v) is 8.27. The van der Waals surface area contributed by atoms with E-state index in [1.807, 2.05) is 48.8 Å². The minimum Gasteiger partial charge on any atom is -0.422 e. The molecule has 154 valence electrons. The van der Waals surface area contributed by atoms with Crippen molar-refractivity contribution in [2.75, 3.05) is 31.6 Å². The number of rotatable bonds is 2. The van der Waals surface area contributed by atoms with Crippen LogP contribution < -0.4 is 10.5 Å². The van der Waals surface area contributed by atoms with Gasteiger partial charge in [0.15, 0.2) is 5.65 Å². The molecular weight excluding hydrogens is 378 g/mol. The van der Waals surface area contributed by atoms with Gasteiger partial charge in [0.1, 0.15) is 5.58 Å². The highest BCUT2D eigenvalue weighted by Crippen LogP contribution is 2.26. The fourth-order valence-electron chi connectivity index (χ4n) is 4.19. The molecule has 1 atom stereocenters. The zero-order valence-corrected chi connectivity index (χ0v) is 17.7. The Bertz CT molecular complexity index is 1320. The summed E-state index contributed by atoms with van der Waals surface area (Å²) in [6, 6.07) is 8.45. The van der Waals surface area contributed by atoms with Gasteiger partial charge in [-0.2, -0.15) is 0 Å². The number of benzene rings is 1. The number of aryl methyl sites for hydroxylation is 2. The normalized spacial score (nSPS) is 17.9. The van der Waals surface area contributed by atoms with Crippen LogP contribution in [-0.4, -0.2) is 52.0 Å². The van der Waals surface area contributed by atoms with Crippen LogP contribution in [0.25, 0.3) is 27.9 Å². The van der Waals surface area contributed by atoms with Crippen LogP contribution in [-0.2, 0) is 0 Å². The smallest absolute Gasteiger partial charge is 0.345 e. The molecule has 4 heterocycles. The molecule has 3 aromatic heterocycles. The van der Waals surface area contributed by atoms with Gasteiger partial charge in [0.25, 0.3) is 0 Å². The molecule has 7 heteroatoms. The van der Waals surface area contributed by atoms with Crippen molar-refractivity contribution in [3.8, 4) is 11.3 Å². The molecule has 0 saturated carbocycles. The molecule has 1 saturated heterocycles. The van der Waals surface area contributed by atoms with Gasteiger partial charge in [-0.15, -0.1) is 0 Å². The van der Waals surface area contributed by atoms with Crippen LogP contribution >= 0.6 is 0 Å². The van der Waals surface area contributed by atoms with Crippen LogP contribution in [0, 0.1) is 13.8 Å². The molecule has 0 spiro atoms. The number of anilines is 1. The molecule has 1 aromatic carbocycles. The Hall–Kier alpha value is -3.19. The summed E-state index contributed by atoms with van der Waals surface area (Å²) >= 11 is 0. The fourth-order valence-corrected chi connectivity index (χ4v) is 4.19. The molecule has 0 bridgehead atoms. The first-order valence-electron chi connectivity index (χ1n) is 10.3. The summed E-state index contributed by atoms with van der Waals surface area (Å²) in [5.41, 5.74) is 4.85. The van der Waals surface area contributed by atoms with Gasteiger partial charge >= 0.3 is 5.63 Å². The van der Waals surface area contributed by atoms with Gasteiger partial charge in [-0.1, -0.05) is 0 Å². The molecule has 0 radical (unpaired) electrons. The second kappa shape index (κ2) is 6.95. The minimum atomic E-state index is -0.378. The molecule has 0 unspecified atom stereocenters. The first-order chi connectivity index (χ1) is 14.4. The zero-order valence-electron chi connectivity index (χ0n) is 17.7. The van der Waals surface area contributed by atoms with E-state index in [-0.39, 0.29) is 5.63 Å². The van der Waals surface area contributed by atoms with Crippen molar-refractivity contribution in [1.82, 2.24) is 19.3 Å². The maximum Gasteiger partial charge on any atom is 0.345 e. The van der Waals surface area contributed by atoms with Crippen molar-refractivity contribution < 1.29 is 4.42 Å². The van der Waals surface area contributed by atoms with E-state index in [1.54, 1.807) is 0 Å². The highest BCUT2D eigenvalue weighted by Gasteiger charge is 2.21. The highest BCUT2D eigenvalue weighted by atomic mass is 16.4. The Morgan fingerprint density at radius 1 is 1.10 bits per heavy atom. The van der Waals surface area contributed by atoms with Crippen molar-refractivity contribution in [2.45, 2.75) is 26.8 Å². The average Bonchev–Trinajstić information content (AvgIpc) is 3.13. The lowest BCUT2D eigenvalue weighted by atomic mass is 10.1. The minimum absolute atomic E-state index is 0.378. The van der Waals surface area contributed by atoms with Gasteiger partial charge in [-0.25, -0.2) is 9.78 Å². The molecule has 1 aliphatic rings. The lowest BCUT2D eigenvalue weighted by molar-refractivity contribution is 0.234. The zero-order chi connectivity index (χ0) is 21.0. The van der Waals surface area contributed by atoms with E-state index < -0.39 is 0 Å². The molecule has 0 aliphatic carbocycles. The van der Waals surface area contributed by atoms with Crippen LogP contribution in [0.15, 0.2) is 45.9 Å². The molecule has 1 fully saturated rings. The summed E-state index contributed by atoms with van der Waals surface area (Å²) < 4.78 is 7.63. The van der Waals surface area contributed by atoms with Crippen molar-refractivity contribution in [3.05, 3.63) is 58.5 Å². The van der Waals surface area contributed by atoms with E-state index in [0.717, 1.165) is 47.7 Å². The third-order valence-electron chi connectivity index (χ3n) is 6.05. The van der Waals surface area contributed by atoms with Crippen molar-refractivity contribution in [1.29, 1.82) is 0 Å². The lowest BCUT2D eigenvalue weighted by Gasteiger charge is -2.39. The Morgan fingerprint density at radius 2 is 1.93 bits per heavy atom. The Morgan fingerprint density at radius 3 is 2.73 bits per heavy atom. The topological polar surface area (TPSA) is 66.9 Å². The van der Waals surface area contributed by atoms with E-state index in [1.165, 1.54) is 0 Å². The fraction of sp³-hybridized carbons (Fsp3) is 0.348. The number of likely N-dealkylation sites (N-methyl/N-ethyl adjacent to an activating group) is 1. The molecule has 4 aromatic rings. The van der Waals surface area contributed by atoms with E-state index >= 15 is 0 Å². The summed E-state index contributed by atoms with van der Waals surface area (Å²) in [6.45, 7) is 9.02. The quantitative estimate of drug-likeness (QED) is 0.479. The molecule has 0 amide bonds. The molecule has 1 aliphatic heterocycles. The third-order valence-corrected chi connectivity index (χ3v) is 6.05. The number of hydrogen-bond donors (Lipinski definition) is 0. The van der Waals surface area contributed by atoms with Crippen LogP contribution in [0.5, 0.6) is 0 Å². The molecule has 5 rings (SSSR count). The van der Waals surface area contributed by atoms with Gasteiger partial charge in [0.05, 0.1) is 22.6 Å². The largest absolute Gasteiger partial charge is 0.422 e. The van der Waals surface area contributed by atoms with E-state index in [0.29, 0.717) is 22.9 Å². The monoisotopic (exact) mass is 403 g/mol. The summed E-state index contributed by atoms with van der Waals surface area (Å²) in [7, 11) is 2.15. The number of fused-ring (bicyclic) bond motifs is 2. The predicted octanol–water partition coefficient (Wildman–Crippen LogP) is 3.26. The predicted molar refractivity (Wildman–Crippen MR) is 118 cm³/mol. The van der Waals surface area contributed by atoms with E-state index in [2.05, 4.69) is 39.8 Å². The van der Waals surface area contributed by atoms with Gasteiger partial charge in [0.2, 0.25) is 0 Å². The summed E-state index contributed by atoms with van der Waals surface area (Å²) in [6.07, 6.45) is 3.76. The summed E-state index contributed by atoms with van der Waals surface area (Å²) in [4.78, 5) is 26.6. The van der Waals surface area contributed by atoms with Crippen LogP contribution in [0.3, 0.4) is 0 Å². The maximum atomic E-state index is 12.8. The van der Waals surface area contributed by atoms with Gasteiger partial charge in [-0.3, -0.25) is 4.98 Å². The number of imidazole rings is 1. The van der Waals surface area contributed by atoms with Gasteiger partial charge < -0.3 is 18.6 Å². The average molecular weight is 403 g/mol. The van der Waals surface area contributed by atoms with Crippen molar-refractivity contribution >= 4 is 22.3 Å². The summed E-state index contributed by atoms with van der Waals surface area (Å²) in [5, 5.41) is 0.888. The standard InChI is InChI=1S/C23H25N5O2/c1-14-11-28-13-20(25-22(28)16(3)24-14)19-9-17-5-6-18(10-21(17)30-23(19)29)27-8-7-26(4)15(2)12-27/h5-6,9-11,13,15H,7-8,12H2,1-4H3/t15-/m0/s1. The van der Waals surface area contributed by atoms with Crippen molar-refractivity contribution in [2.24, 2.45) is 0 Å². The van der Waals surface area contributed by atoms with Gasteiger partial charge in [0, 0.05) is 55.2 Å². The first-order valence-corrected chi connectivity index (χ1v) is 10.3. The summed E-state index contributed by atoms with van der Waals surface area (Å²) in [5.74, 6) is 0. The number of aromatic nitrogens is 3. The molecule has 30 heavy (non-hydrogen) atoms. The highest BCUT2D eigenvalue weighted by molar-refractivity contribution is 5.84. The Kier molecular flexibility index (Phi) is 4.36. The molecule has 7 nitrogen and oxygen atoms in total. The van der Waals surface area contributed by atoms with Crippen LogP contribution in [0.2, 0.25) is 0 Å². The third kappa shape index (κ3) is 3.15. The lowest BCUT2D eigenvalue weighted by Crippen LogP contribution is -2.50. The van der Waals surface area contributed by atoms with Crippen LogP contribution in [0.4, 0.5) is 5.69 Å². The Balaban J connectivity index is 1.55.